The summed E-state index contributed by atoms with van der Waals surface area (Å²) in [6.45, 7) is 0. The number of nitrogens with one attached hydrogen (secondary N) is 2. The number of hydrogen-bond donors (Lipinski definition) is 4. The highest BCUT2D eigenvalue weighted by Gasteiger charge is 2.21. The fourth-order valence-electron chi connectivity index (χ4n) is 7.65. The van der Waals surface area contributed by atoms with Crippen LogP contribution in [0.15, 0.2) is 206 Å². The van der Waals surface area contributed by atoms with E-state index in [0.29, 0.717) is 68.3 Å². The maximum Gasteiger partial charge on any atom is 0.193 e. The van der Waals surface area contributed by atoms with E-state index in [0.717, 1.165) is 45.0 Å². The number of nitrogens with zero attached hydrogens (tertiary/aromatic N) is 2. The average Bonchev–Trinajstić information content (AvgIpc) is 4.01. The van der Waals surface area contributed by atoms with Gasteiger partial charge in [-0.1, -0.05) is 121 Å². The van der Waals surface area contributed by atoms with Gasteiger partial charge in [-0.15, -0.1) is 0 Å². The number of anilines is 2. The summed E-state index contributed by atoms with van der Waals surface area (Å²) in [5.74, 6) is 3.29. The number of nitrogens with two attached hydrogens (primary N) is 2. The summed E-state index contributed by atoms with van der Waals surface area (Å²) < 4.78 is 12.9. The Kier molecular flexibility index (Phi) is 10.5. The fourth-order valence-corrected chi connectivity index (χ4v) is 7.65. The highest BCUT2D eigenvalue weighted by atomic mass is 16.5. The zero-order valence-corrected chi connectivity index (χ0v) is 34.4. The first-order valence-electron chi connectivity index (χ1n) is 20.8. The van der Waals surface area contributed by atoms with Crippen LogP contribution in [0.4, 0.5) is 11.4 Å². The maximum atomic E-state index is 13.7. The Hall–Kier alpha value is -8.95. The third-order valence-corrected chi connectivity index (χ3v) is 10.8. The van der Waals surface area contributed by atoms with Crippen LogP contribution in [-0.4, -0.2) is 25.7 Å². The number of nitrogen functional groups attached to an aromatic ring is 2. The van der Waals surface area contributed by atoms with E-state index in [9.17, 15) is 4.79 Å². The maximum absolute atomic E-state index is 13.7. The Morgan fingerprint density at radius 3 is 1.11 bits per heavy atom. The van der Waals surface area contributed by atoms with Crippen LogP contribution in [0.5, 0.6) is 23.0 Å². The number of imidazole rings is 2. The SMILES string of the molecule is Nc1ccc(Oc2ccc(C(=O)c3ccc(Oc4ccc(N)cc4-c4nc(-c5ccccc5)c(-c5ccccc5)[nH]4)cc3)cc2)c(-c2nc(-c3ccccc3)c(-c3ccccc3)[nH]2)c1. The summed E-state index contributed by atoms with van der Waals surface area (Å²) >= 11 is 0. The van der Waals surface area contributed by atoms with Gasteiger partial charge in [-0.05, 0) is 84.9 Å². The molecule has 0 amide bonds. The minimum absolute atomic E-state index is 0.144. The molecule has 9 heteroatoms. The van der Waals surface area contributed by atoms with Crippen molar-refractivity contribution in [1.82, 2.24) is 19.9 Å². The Bertz CT molecular complexity index is 2890. The number of rotatable bonds is 12. The van der Waals surface area contributed by atoms with Gasteiger partial charge in [-0.3, -0.25) is 4.79 Å². The standard InChI is InChI=1S/C55H40N6O3/c56-41-25-31-47(45(33-41)54-58-49(35-13-5-1-6-14-35)50(59-54)36-15-7-2-8-16-36)63-43-27-21-39(22-28-43)53(62)40-23-29-44(30-24-40)64-48-32-26-42(57)34-46(48)55-60-51(37-17-9-3-10-18-37)52(61-55)38-19-11-4-12-20-38/h1-34H,56-57H2,(H,58,59)(H,60,61). The lowest BCUT2D eigenvalue weighted by molar-refractivity contribution is 0.103. The molecule has 0 aliphatic heterocycles. The van der Waals surface area contributed by atoms with Gasteiger partial charge < -0.3 is 30.9 Å². The Labute approximate surface area is 369 Å². The number of ether oxygens (including phenoxy) is 2. The van der Waals surface area contributed by atoms with Gasteiger partial charge in [0.2, 0.25) is 0 Å². The van der Waals surface area contributed by atoms with Crippen molar-refractivity contribution in [2.75, 3.05) is 11.5 Å². The molecule has 0 saturated heterocycles. The van der Waals surface area contributed by atoms with Crippen LogP contribution in [0.2, 0.25) is 0 Å². The molecule has 308 valence electrons. The molecule has 0 spiro atoms. The molecule has 8 aromatic carbocycles. The Morgan fingerprint density at radius 1 is 0.406 bits per heavy atom. The molecule has 10 aromatic rings. The first kappa shape index (κ1) is 39.2. The van der Waals surface area contributed by atoms with Crippen LogP contribution < -0.4 is 20.9 Å². The van der Waals surface area contributed by atoms with Crippen LogP contribution in [-0.2, 0) is 0 Å². The predicted octanol–water partition coefficient (Wildman–Crippen LogP) is 13.1. The second-order valence-electron chi connectivity index (χ2n) is 15.2. The second kappa shape index (κ2) is 17.2. The topological polar surface area (TPSA) is 145 Å². The molecule has 0 radical (unpaired) electrons. The van der Waals surface area contributed by atoms with E-state index in [1.807, 2.05) is 146 Å². The Morgan fingerprint density at radius 2 is 0.750 bits per heavy atom. The fraction of sp³-hybridized carbons (Fsp3) is 0. The number of ketones is 1. The molecular weight excluding hydrogens is 793 g/mol. The molecule has 10 rings (SSSR count). The number of H-pyrrole nitrogens is 2. The summed E-state index contributed by atoms with van der Waals surface area (Å²) in [7, 11) is 0. The van der Waals surface area contributed by atoms with E-state index in [-0.39, 0.29) is 5.78 Å². The summed E-state index contributed by atoms with van der Waals surface area (Å²) in [4.78, 5) is 31.0. The van der Waals surface area contributed by atoms with Crippen LogP contribution in [0, 0.1) is 0 Å². The first-order valence-corrected chi connectivity index (χ1v) is 20.8. The molecular formula is C55H40N6O3. The average molecular weight is 833 g/mol. The summed E-state index contributed by atoms with van der Waals surface area (Å²) in [6.07, 6.45) is 0. The van der Waals surface area contributed by atoms with Crippen LogP contribution >= 0.6 is 0 Å². The molecule has 9 nitrogen and oxygen atoms in total. The second-order valence-corrected chi connectivity index (χ2v) is 15.2. The number of carbonyl (C=O) groups excluding carboxylic acids is 1. The van der Waals surface area contributed by atoms with E-state index >= 15 is 0 Å². The lowest BCUT2D eigenvalue weighted by Crippen LogP contribution is -2.01. The van der Waals surface area contributed by atoms with Gasteiger partial charge in [0.15, 0.2) is 5.78 Å². The highest BCUT2D eigenvalue weighted by molar-refractivity contribution is 6.09. The molecule has 2 heterocycles. The van der Waals surface area contributed by atoms with Crippen molar-refractivity contribution in [1.29, 1.82) is 0 Å². The Balaban J connectivity index is 0.875. The van der Waals surface area contributed by atoms with Gasteiger partial charge in [0.05, 0.1) is 33.9 Å². The van der Waals surface area contributed by atoms with E-state index in [1.54, 1.807) is 60.7 Å². The molecule has 0 atom stereocenters. The number of benzene rings is 8. The normalized spacial score (nSPS) is 11.0. The van der Waals surface area contributed by atoms with Gasteiger partial charge in [-0.2, -0.15) is 0 Å². The summed E-state index contributed by atoms with van der Waals surface area (Å²) in [5, 5.41) is 0. The van der Waals surface area contributed by atoms with Crippen molar-refractivity contribution in [2.24, 2.45) is 0 Å². The molecule has 64 heavy (non-hydrogen) atoms. The zero-order valence-electron chi connectivity index (χ0n) is 34.4. The van der Waals surface area contributed by atoms with Gasteiger partial charge in [0.25, 0.3) is 0 Å². The number of carbonyl (C=O) groups is 1. The lowest BCUT2D eigenvalue weighted by atomic mass is 10.0. The smallest absolute Gasteiger partial charge is 0.193 e. The zero-order chi connectivity index (χ0) is 43.4. The van der Waals surface area contributed by atoms with Crippen molar-refractivity contribution in [3.8, 4) is 90.8 Å². The van der Waals surface area contributed by atoms with Gasteiger partial charge in [0, 0.05) is 44.8 Å². The third kappa shape index (κ3) is 8.12. The van der Waals surface area contributed by atoms with E-state index < -0.39 is 0 Å². The molecule has 0 fully saturated rings. The lowest BCUT2D eigenvalue weighted by Gasteiger charge is -2.12. The summed E-state index contributed by atoms with van der Waals surface area (Å²) in [5.41, 5.74) is 23.5. The minimum Gasteiger partial charge on any atom is -0.457 e. The molecule has 0 unspecified atom stereocenters. The quantitative estimate of drug-likeness (QED) is 0.0708. The first-order chi connectivity index (χ1) is 31.4. The van der Waals surface area contributed by atoms with Gasteiger partial charge in [0.1, 0.15) is 34.6 Å². The largest absolute Gasteiger partial charge is 0.457 e. The number of aromatic nitrogens is 4. The van der Waals surface area contributed by atoms with Gasteiger partial charge in [-0.25, -0.2) is 9.97 Å². The van der Waals surface area contributed by atoms with E-state index in [2.05, 4.69) is 9.97 Å². The molecule has 0 aliphatic rings. The molecule has 0 saturated carbocycles. The van der Waals surface area contributed by atoms with Crippen molar-refractivity contribution in [3.63, 3.8) is 0 Å². The highest BCUT2D eigenvalue weighted by Crippen LogP contribution is 2.40. The van der Waals surface area contributed by atoms with E-state index in [1.165, 1.54) is 0 Å². The number of aromatic amines is 2. The van der Waals surface area contributed by atoms with Gasteiger partial charge >= 0.3 is 0 Å². The molecule has 2 aromatic heterocycles. The molecule has 0 bridgehead atoms. The van der Waals surface area contributed by atoms with Crippen molar-refractivity contribution in [2.45, 2.75) is 0 Å². The third-order valence-electron chi connectivity index (χ3n) is 10.8. The molecule has 6 N–H and O–H groups in total. The van der Waals surface area contributed by atoms with Crippen molar-refractivity contribution >= 4 is 17.2 Å². The van der Waals surface area contributed by atoms with Crippen LogP contribution in [0.1, 0.15) is 15.9 Å². The van der Waals surface area contributed by atoms with Crippen LogP contribution in [0.3, 0.4) is 0 Å². The van der Waals surface area contributed by atoms with Crippen molar-refractivity contribution < 1.29 is 14.3 Å². The van der Waals surface area contributed by atoms with E-state index in [4.69, 9.17) is 30.9 Å². The number of hydrogen-bond acceptors (Lipinski definition) is 7. The predicted molar refractivity (Wildman–Crippen MR) is 255 cm³/mol. The molecule has 0 aliphatic carbocycles. The van der Waals surface area contributed by atoms with Crippen LogP contribution in [0.25, 0.3) is 67.8 Å². The summed E-state index contributed by atoms with van der Waals surface area (Å²) in [6, 6.07) is 65.3. The minimum atomic E-state index is -0.144. The monoisotopic (exact) mass is 832 g/mol. The van der Waals surface area contributed by atoms with Crippen molar-refractivity contribution in [3.05, 3.63) is 217 Å².